The number of nitrogens with zero attached hydrogens (tertiary/aromatic N) is 2. The average Bonchev–Trinajstić information content (AvgIpc) is 3.17. The number of benzene rings is 2. The molecule has 0 atom stereocenters. The smallest absolute Gasteiger partial charge is 0.248 e. The van der Waals surface area contributed by atoms with Gasteiger partial charge in [0.25, 0.3) is 0 Å². The number of rotatable bonds is 7. The Labute approximate surface area is 168 Å². The molecule has 0 aliphatic carbocycles. The Morgan fingerprint density at radius 2 is 1.76 bits per heavy atom. The first-order valence-electron chi connectivity index (χ1n) is 8.85. The largest absolute Gasteiger partial charge is 0.493 e. The van der Waals surface area contributed by atoms with Crippen molar-refractivity contribution in [3.8, 4) is 11.5 Å². The van der Waals surface area contributed by atoms with Gasteiger partial charge in [-0.25, -0.2) is 4.98 Å². The topological polar surface area (TPSA) is 82.5 Å². The van der Waals surface area contributed by atoms with Crippen LogP contribution in [0, 0.1) is 0 Å². The zero-order chi connectivity index (χ0) is 20.8. The number of hydrogen-bond acceptors (Lipinski definition) is 5. The fourth-order valence-corrected chi connectivity index (χ4v) is 2.73. The van der Waals surface area contributed by atoms with Crippen LogP contribution in [-0.4, -0.2) is 35.5 Å². The van der Waals surface area contributed by atoms with Crippen molar-refractivity contribution in [3.63, 3.8) is 0 Å². The molecule has 148 valence electrons. The summed E-state index contributed by atoms with van der Waals surface area (Å²) in [6.45, 7) is 0. The van der Waals surface area contributed by atoms with Gasteiger partial charge < -0.3 is 19.4 Å². The number of amides is 1. The lowest BCUT2D eigenvalue weighted by molar-refractivity contribution is -0.111. The Kier molecular flexibility index (Phi) is 6.09. The Balaban J connectivity index is 1.64. The van der Waals surface area contributed by atoms with Crippen LogP contribution in [0.5, 0.6) is 11.5 Å². The van der Waals surface area contributed by atoms with Crippen LogP contribution >= 0.6 is 0 Å². The molecule has 0 fully saturated rings. The van der Waals surface area contributed by atoms with Crippen LogP contribution in [0.2, 0.25) is 0 Å². The molecular weight excluding hydrogens is 370 g/mol. The molecule has 1 amide bonds. The maximum atomic E-state index is 12.4. The molecule has 0 saturated heterocycles. The highest BCUT2D eigenvalue weighted by molar-refractivity contribution is 6.07. The lowest BCUT2D eigenvalue weighted by Crippen LogP contribution is -2.10. The van der Waals surface area contributed by atoms with Gasteiger partial charge >= 0.3 is 0 Å². The molecule has 7 heteroatoms. The SMILES string of the molecule is COc1ccc(/C=C/C(=O)Nc2ccc(C(=O)c3nccn3C)cc2)cc1OC. The van der Waals surface area contributed by atoms with Gasteiger partial charge in [-0.05, 0) is 48.0 Å². The van der Waals surface area contributed by atoms with Crippen molar-refractivity contribution in [1.82, 2.24) is 9.55 Å². The van der Waals surface area contributed by atoms with E-state index in [0.29, 0.717) is 28.6 Å². The maximum Gasteiger partial charge on any atom is 0.248 e. The Hall–Kier alpha value is -3.87. The number of ether oxygens (including phenoxy) is 2. The van der Waals surface area contributed by atoms with Crippen LogP contribution in [0.4, 0.5) is 5.69 Å². The zero-order valence-corrected chi connectivity index (χ0v) is 16.4. The summed E-state index contributed by atoms with van der Waals surface area (Å²) in [7, 11) is 4.88. The first-order chi connectivity index (χ1) is 14.0. The summed E-state index contributed by atoms with van der Waals surface area (Å²) in [5.74, 6) is 1.10. The molecule has 1 heterocycles. The van der Waals surface area contributed by atoms with Crippen LogP contribution in [-0.2, 0) is 11.8 Å². The summed E-state index contributed by atoms with van der Waals surface area (Å²) in [6, 6.07) is 12.0. The number of nitrogens with one attached hydrogen (secondary N) is 1. The van der Waals surface area contributed by atoms with E-state index in [1.165, 1.54) is 6.08 Å². The van der Waals surface area contributed by atoms with E-state index in [1.54, 1.807) is 80.7 Å². The summed E-state index contributed by atoms with van der Waals surface area (Å²) in [5, 5.41) is 2.76. The summed E-state index contributed by atoms with van der Waals surface area (Å²) < 4.78 is 12.1. The van der Waals surface area contributed by atoms with Gasteiger partial charge in [-0.3, -0.25) is 9.59 Å². The molecule has 0 aliphatic heterocycles. The lowest BCUT2D eigenvalue weighted by atomic mass is 10.1. The molecule has 7 nitrogen and oxygen atoms in total. The third-order valence-electron chi connectivity index (χ3n) is 4.27. The van der Waals surface area contributed by atoms with Crippen molar-refractivity contribution in [2.75, 3.05) is 19.5 Å². The first-order valence-corrected chi connectivity index (χ1v) is 8.85. The average molecular weight is 391 g/mol. The van der Waals surface area contributed by atoms with E-state index in [0.717, 1.165) is 5.56 Å². The Morgan fingerprint density at radius 1 is 1.03 bits per heavy atom. The molecular formula is C22H21N3O4. The zero-order valence-electron chi connectivity index (χ0n) is 16.4. The number of imidazole rings is 1. The van der Waals surface area contributed by atoms with Crippen molar-refractivity contribution < 1.29 is 19.1 Å². The minimum atomic E-state index is -0.289. The standard InChI is InChI=1S/C22H21N3O4/c1-25-13-12-23-22(25)21(27)16-6-8-17(9-7-16)24-20(26)11-5-15-4-10-18(28-2)19(14-15)29-3/h4-14H,1-3H3,(H,24,26)/b11-5+. The number of carbonyl (C=O) groups excluding carboxylic acids is 2. The highest BCUT2D eigenvalue weighted by atomic mass is 16.5. The summed E-state index contributed by atoms with van der Waals surface area (Å²) in [5.41, 5.74) is 1.88. The van der Waals surface area contributed by atoms with Crippen LogP contribution < -0.4 is 14.8 Å². The predicted molar refractivity (Wildman–Crippen MR) is 110 cm³/mol. The Bertz CT molecular complexity index is 1050. The molecule has 3 rings (SSSR count). The molecule has 1 aromatic heterocycles. The summed E-state index contributed by atoms with van der Waals surface area (Å²) in [4.78, 5) is 28.7. The van der Waals surface area contributed by atoms with Crippen molar-refractivity contribution >= 4 is 23.5 Å². The molecule has 29 heavy (non-hydrogen) atoms. The Morgan fingerprint density at radius 3 is 2.38 bits per heavy atom. The van der Waals surface area contributed by atoms with Crippen molar-refractivity contribution in [3.05, 3.63) is 77.9 Å². The second kappa shape index (κ2) is 8.88. The molecule has 2 aromatic carbocycles. The van der Waals surface area contributed by atoms with Gasteiger partial charge in [-0.1, -0.05) is 6.07 Å². The van der Waals surface area contributed by atoms with Gasteiger partial charge in [-0.15, -0.1) is 0 Å². The fourth-order valence-electron chi connectivity index (χ4n) is 2.73. The normalized spacial score (nSPS) is 10.7. The molecule has 0 saturated carbocycles. The van der Waals surface area contributed by atoms with E-state index in [-0.39, 0.29) is 11.7 Å². The maximum absolute atomic E-state index is 12.4. The van der Waals surface area contributed by atoms with E-state index in [2.05, 4.69) is 10.3 Å². The third kappa shape index (κ3) is 4.70. The second-order valence-corrected chi connectivity index (χ2v) is 6.21. The quantitative estimate of drug-likeness (QED) is 0.494. The first kappa shape index (κ1) is 19.9. The number of carbonyl (C=O) groups is 2. The molecule has 0 radical (unpaired) electrons. The van der Waals surface area contributed by atoms with Crippen molar-refractivity contribution in [1.29, 1.82) is 0 Å². The van der Waals surface area contributed by atoms with Crippen LogP contribution in [0.3, 0.4) is 0 Å². The van der Waals surface area contributed by atoms with Crippen molar-refractivity contribution in [2.45, 2.75) is 0 Å². The van der Waals surface area contributed by atoms with Gasteiger partial charge in [0.2, 0.25) is 11.7 Å². The van der Waals surface area contributed by atoms with Crippen LogP contribution in [0.1, 0.15) is 21.7 Å². The number of aromatic nitrogens is 2. The van der Waals surface area contributed by atoms with E-state index in [9.17, 15) is 9.59 Å². The summed E-state index contributed by atoms with van der Waals surface area (Å²) in [6.07, 6.45) is 6.39. The molecule has 1 N–H and O–H groups in total. The lowest BCUT2D eigenvalue weighted by Gasteiger charge is -2.07. The minimum Gasteiger partial charge on any atom is -0.493 e. The van der Waals surface area contributed by atoms with E-state index in [1.807, 2.05) is 6.07 Å². The second-order valence-electron chi connectivity index (χ2n) is 6.21. The molecule has 3 aromatic rings. The number of aryl methyl sites for hydroxylation is 1. The highest BCUT2D eigenvalue weighted by Crippen LogP contribution is 2.28. The number of anilines is 1. The van der Waals surface area contributed by atoms with E-state index >= 15 is 0 Å². The molecule has 0 unspecified atom stereocenters. The summed E-state index contributed by atoms with van der Waals surface area (Å²) >= 11 is 0. The van der Waals surface area contributed by atoms with Gasteiger partial charge in [-0.2, -0.15) is 0 Å². The minimum absolute atomic E-state index is 0.177. The van der Waals surface area contributed by atoms with Gasteiger partial charge in [0.1, 0.15) is 0 Å². The predicted octanol–water partition coefficient (Wildman–Crippen LogP) is 3.32. The molecule has 0 spiro atoms. The number of hydrogen-bond donors (Lipinski definition) is 1. The van der Waals surface area contributed by atoms with Crippen LogP contribution in [0.25, 0.3) is 6.08 Å². The van der Waals surface area contributed by atoms with Gasteiger partial charge in [0, 0.05) is 36.8 Å². The fraction of sp³-hybridized carbons (Fsp3) is 0.136. The van der Waals surface area contributed by atoms with Crippen molar-refractivity contribution in [2.24, 2.45) is 7.05 Å². The number of methoxy groups -OCH3 is 2. The van der Waals surface area contributed by atoms with Gasteiger partial charge in [0.15, 0.2) is 17.3 Å². The third-order valence-corrected chi connectivity index (χ3v) is 4.27. The van der Waals surface area contributed by atoms with Crippen LogP contribution in [0.15, 0.2) is 60.9 Å². The van der Waals surface area contributed by atoms with E-state index < -0.39 is 0 Å². The highest BCUT2D eigenvalue weighted by Gasteiger charge is 2.13. The monoisotopic (exact) mass is 391 g/mol. The molecule has 0 bridgehead atoms. The molecule has 0 aliphatic rings. The van der Waals surface area contributed by atoms with Gasteiger partial charge in [0.05, 0.1) is 14.2 Å². The number of ketones is 1. The van der Waals surface area contributed by atoms with E-state index in [4.69, 9.17) is 9.47 Å².